The summed E-state index contributed by atoms with van der Waals surface area (Å²) < 4.78 is 59.9. The minimum Gasteiger partial charge on any atom is -0.493 e. The van der Waals surface area contributed by atoms with Crippen molar-refractivity contribution in [2.45, 2.75) is 37.6 Å². The van der Waals surface area contributed by atoms with Gasteiger partial charge in [-0.2, -0.15) is 8.42 Å². The van der Waals surface area contributed by atoms with Gasteiger partial charge in [-0.25, -0.2) is 9.37 Å². The third-order valence-electron chi connectivity index (χ3n) is 6.68. The molecule has 2 aromatic heterocycles. The van der Waals surface area contributed by atoms with E-state index in [1.165, 1.54) is 37.6 Å². The number of aryl methyl sites for hydroxylation is 1. The third kappa shape index (κ3) is 6.45. The highest BCUT2D eigenvalue weighted by molar-refractivity contribution is 7.92. The van der Waals surface area contributed by atoms with Crippen LogP contribution >= 0.6 is 0 Å². The van der Waals surface area contributed by atoms with Gasteiger partial charge in [-0.1, -0.05) is 6.42 Å². The molecule has 0 radical (unpaired) electrons. The van der Waals surface area contributed by atoms with Crippen molar-refractivity contribution in [3.05, 3.63) is 60.4 Å². The first-order valence-electron chi connectivity index (χ1n) is 13.2. The Labute approximate surface area is 232 Å². The van der Waals surface area contributed by atoms with Crippen molar-refractivity contribution in [2.24, 2.45) is 0 Å². The molecule has 4 aromatic rings. The van der Waals surface area contributed by atoms with Crippen LogP contribution < -0.4 is 18.9 Å². The van der Waals surface area contributed by atoms with Crippen molar-refractivity contribution in [3.63, 3.8) is 0 Å². The summed E-state index contributed by atoms with van der Waals surface area (Å²) in [6.45, 7) is 5.48. The number of H-pyrrole nitrogens is 1. The van der Waals surface area contributed by atoms with Gasteiger partial charge in [-0.15, -0.1) is 0 Å². The number of sulfonamides is 1. The van der Waals surface area contributed by atoms with Crippen LogP contribution in [0, 0.1) is 12.7 Å². The lowest BCUT2D eigenvalue weighted by Crippen LogP contribution is -2.31. The Morgan fingerprint density at radius 3 is 2.58 bits per heavy atom. The number of nitrogens with one attached hydrogen (secondary N) is 2. The molecule has 1 saturated heterocycles. The number of ether oxygens (including phenoxy) is 3. The van der Waals surface area contributed by atoms with Crippen LogP contribution in [0.5, 0.6) is 23.0 Å². The Kier molecular flexibility index (Phi) is 8.36. The number of benzene rings is 2. The molecule has 3 heterocycles. The summed E-state index contributed by atoms with van der Waals surface area (Å²) in [5, 5.41) is 0.493. The minimum atomic E-state index is -3.95. The maximum absolute atomic E-state index is 15.0. The highest BCUT2D eigenvalue weighted by Crippen LogP contribution is 2.38. The molecule has 0 atom stereocenters. The number of imidazole rings is 1. The fourth-order valence-corrected chi connectivity index (χ4v) is 5.67. The van der Waals surface area contributed by atoms with E-state index in [9.17, 15) is 12.8 Å². The average Bonchev–Trinajstić information content (AvgIpc) is 3.40. The monoisotopic (exact) mass is 569 g/mol. The second-order valence-electron chi connectivity index (χ2n) is 9.62. The van der Waals surface area contributed by atoms with Gasteiger partial charge in [0.05, 0.1) is 31.1 Å². The molecular weight excluding hydrogens is 537 g/mol. The van der Waals surface area contributed by atoms with Gasteiger partial charge in [0, 0.05) is 30.3 Å². The third-order valence-corrected chi connectivity index (χ3v) is 7.98. The molecule has 1 aliphatic heterocycles. The summed E-state index contributed by atoms with van der Waals surface area (Å²) in [5.74, 6) is 1.08. The van der Waals surface area contributed by atoms with Crippen LogP contribution in [0.2, 0.25) is 0 Å². The van der Waals surface area contributed by atoms with E-state index in [1.54, 1.807) is 38.4 Å². The summed E-state index contributed by atoms with van der Waals surface area (Å²) in [5.41, 5.74) is 0.643. The average molecular weight is 570 g/mol. The van der Waals surface area contributed by atoms with E-state index >= 15 is 0 Å². The van der Waals surface area contributed by atoms with Crippen molar-refractivity contribution in [2.75, 3.05) is 38.1 Å². The SMILES string of the molecule is COc1cc2c(Oc3ccc(NS(=O)(=O)c4cnc(C)[nH]4)cc3F)ccnc2cc1OCCCN1CCCCC1. The first-order valence-corrected chi connectivity index (χ1v) is 14.6. The lowest BCUT2D eigenvalue weighted by atomic mass is 10.1. The largest absolute Gasteiger partial charge is 0.493 e. The fraction of sp³-hybridized carbons (Fsp3) is 0.357. The molecule has 0 bridgehead atoms. The standard InChI is InChI=1S/C28H32FN5O5S/c1-19-31-18-28(32-19)40(35,36)33-20-7-8-25(22(29)15-20)39-24-9-10-30-23-17-27(26(37-2)16-21(23)24)38-14-6-13-34-11-4-3-5-12-34/h7-10,15-18,33H,3-6,11-14H2,1-2H3,(H,31,32). The number of nitrogens with zero attached hydrogens (tertiary/aromatic N) is 3. The van der Waals surface area contributed by atoms with Gasteiger partial charge in [0.15, 0.2) is 28.1 Å². The molecule has 212 valence electrons. The van der Waals surface area contributed by atoms with Gasteiger partial charge in [-0.05, 0) is 63.5 Å². The van der Waals surface area contributed by atoms with Crippen LogP contribution in [0.15, 0.2) is 53.8 Å². The number of hydrogen-bond acceptors (Lipinski definition) is 8. The maximum atomic E-state index is 15.0. The van der Waals surface area contributed by atoms with Gasteiger partial charge >= 0.3 is 0 Å². The minimum absolute atomic E-state index is 0.0421. The van der Waals surface area contributed by atoms with Gasteiger partial charge in [0.1, 0.15) is 11.6 Å². The summed E-state index contributed by atoms with van der Waals surface area (Å²) in [6, 6.07) is 8.99. The highest BCUT2D eigenvalue weighted by Gasteiger charge is 2.19. The Bertz CT molecular complexity index is 1590. The van der Waals surface area contributed by atoms with Crippen LogP contribution in [-0.2, 0) is 10.0 Å². The quantitative estimate of drug-likeness (QED) is 0.235. The molecule has 12 heteroatoms. The van der Waals surface area contributed by atoms with Crippen LogP contribution in [0.4, 0.5) is 10.1 Å². The number of pyridine rings is 1. The van der Waals surface area contributed by atoms with Crippen molar-refractivity contribution in [1.82, 2.24) is 19.9 Å². The van der Waals surface area contributed by atoms with Gasteiger partial charge in [0.25, 0.3) is 10.0 Å². The molecule has 0 aliphatic carbocycles. The smallest absolute Gasteiger partial charge is 0.278 e. The first-order chi connectivity index (χ1) is 19.3. The summed E-state index contributed by atoms with van der Waals surface area (Å²) in [7, 11) is -2.39. The lowest BCUT2D eigenvalue weighted by Gasteiger charge is -2.26. The molecule has 40 heavy (non-hydrogen) atoms. The molecular formula is C28H32FN5O5S. The first kappa shape index (κ1) is 27.7. The highest BCUT2D eigenvalue weighted by atomic mass is 32.2. The van der Waals surface area contributed by atoms with Gasteiger partial charge in [0.2, 0.25) is 0 Å². The predicted molar refractivity (Wildman–Crippen MR) is 149 cm³/mol. The van der Waals surface area contributed by atoms with Gasteiger partial charge < -0.3 is 24.1 Å². The van der Waals surface area contributed by atoms with Crippen LogP contribution in [0.25, 0.3) is 10.9 Å². The van der Waals surface area contributed by atoms with E-state index in [-0.39, 0.29) is 16.5 Å². The molecule has 10 nitrogen and oxygen atoms in total. The van der Waals surface area contributed by atoms with Crippen LogP contribution in [-0.4, -0.2) is 61.6 Å². The van der Waals surface area contributed by atoms with Crippen molar-refractivity contribution >= 4 is 26.6 Å². The number of fused-ring (bicyclic) bond motifs is 1. The van der Waals surface area contributed by atoms with E-state index in [4.69, 9.17) is 14.2 Å². The van der Waals surface area contributed by atoms with E-state index < -0.39 is 15.8 Å². The number of methoxy groups -OCH3 is 1. The number of rotatable bonds is 11. The second-order valence-corrected chi connectivity index (χ2v) is 11.3. The topological polar surface area (TPSA) is 119 Å². The van der Waals surface area contributed by atoms with E-state index in [0.29, 0.717) is 40.6 Å². The predicted octanol–water partition coefficient (Wildman–Crippen LogP) is 5.26. The van der Waals surface area contributed by atoms with Crippen molar-refractivity contribution in [3.8, 4) is 23.0 Å². The van der Waals surface area contributed by atoms with E-state index in [2.05, 4.69) is 24.6 Å². The zero-order chi connectivity index (χ0) is 28.1. The molecule has 2 N–H and O–H groups in total. The van der Waals surface area contributed by atoms with E-state index in [0.717, 1.165) is 32.1 Å². The number of piperidine rings is 1. The molecule has 0 spiro atoms. The molecule has 2 aromatic carbocycles. The van der Waals surface area contributed by atoms with Gasteiger partial charge in [-0.3, -0.25) is 9.71 Å². The zero-order valence-corrected chi connectivity index (χ0v) is 23.3. The Morgan fingerprint density at radius 2 is 1.85 bits per heavy atom. The Hall–Kier alpha value is -3.90. The summed E-state index contributed by atoms with van der Waals surface area (Å²) in [6.07, 6.45) is 7.50. The molecule has 1 aliphatic rings. The van der Waals surface area contributed by atoms with Crippen molar-refractivity contribution < 1.29 is 27.0 Å². The lowest BCUT2D eigenvalue weighted by molar-refractivity contribution is 0.203. The van der Waals surface area contributed by atoms with Crippen molar-refractivity contribution in [1.29, 1.82) is 0 Å². The summed E-state index contributed by atoms with van der Waals surface area (Å²) in [4.78, 5) is 13.4. The van der Waals surface area contributed by atoms with Crippen LogP contribution in [0.1, 0.15) is 31.5 Å². The molecule has 0 amide bonds. The molecule has 0 unspecified atom stereocenters. The summed E-state index contributed by atoms with van der Waals surface area (Å²) >= 11 is 0. The zero-order valence-electron chi connectivity index (χ0n) is 22.4. The maximum Gasteiger partial charge on any atom is 0.278 e. The molecule has 1 fully saturated rings. The molecule has 5 rings (SSSR count). The normalized spacial score (nSPS) is 14.3. The fourth-order valence-electron chi connectivity index (χ4n) is 4.65. The number of anilines is 1. The Morgan fingerprint density at radius 1 is 1.02 bits per heavy atom. The number of aromatic nitrogens is 3. The number of halogens is 1. The number of aromatic amines is 1. The number of likely N-dealkylation sites (tertiary alicyclic amines) is 1. The molecule has 0 saturated carbocycles. The van der Waals surface area contributed by atoms with E-state index in [1.807, 2.05) is 0 Å². The van der Waals surface area contributed by atoms with Crippen LogP contribution in [0.3, 0.4) is 0 Å². The number of hydrogen-bond donors (Lipinski definition) is 2. The Balaban J connectivity index is 1.29. The second kappa shape index (κ2) is 12.1.